The number of aliphatic imine (C=N–C) groups is 1. The molecule has 2 aliphatic heterocycles. The van der Waals surface area contributed by atoms with E-state index in [1.807, 2.05) is 4.90 Å². The average Bonchev–Trinajstić information content (AvgIpc) is 3.24. The maximum atomic E-state index is 11.8. The molecule has 6 heteroatoms. The van der Waals surface area contributed by atoms with Crippen LogP contribution in [0.2, 0.25) is 0 Å². The maximum absolute atomic E-state index is 11.8. The summed E-state index contributed by atoms with van der Waals surface area (Å²) in [7, 11) is 0. The van der Waals surface area contributed by atoms with Crippen molar-refractivity contribution >= 4 is 11.9 Å². The molecule has 0 spiro atoms. The molecule has 1 amide bonds. The fourth-order valence-corrected chi connectivity index (χ4v) is 4.60. The molecule has 0 aromatic heterocycles. The number of carbonyl (C=O) groups is 1. The second-order valence-electron chi connectivity index (χ2n) is 9.11. The molecule has 2 saturated heterocycles. The van der Waals surface area contributed by atoms with Crippen LogP contribution in [-0.4, -0.2) is 53.9 Å². The Morgan fingerprint density at radius 1 is 0.939 bits per heavy atom. The van der Waals surface area contributed by atoms with Crippen LogP contribution >= 0.6 is 0 Å². The summed E-state index contributed by atoms with van der Waals surface area (Å²) in [6.45, 7) is 8.44. The van der Waals surface area contributed by atoms with Crippen molar-refractivity contribution in [1.82, 2.24) is 20.4 Å². The van der Waals surface area contributed by atoms with E-state index in [-0.39, 0.29) is 5.91 Å². The van der Waals surface area contributed by atoms with Crippen molar-refractivity contribution in [2.45, 2.75) is 58.3 Å². The molecule has 176 valence electrons. The van der Waals surface area contributed by atoms with E-state index >= 15 is 0 Å². The average molecular weight is 448 g/mol. The molecule has 33 heavy (non-hydrogen) atoms. The zero-order valence-corrected chi connectivity index (χ0v) is 19.8. The number of benzene rings is 2. The lowest BCUT2D eigenvalue weighted by Crippen LogP contribution is -2.48. The predicted molar refractivity (Wildman–Crippen MR) is 134 cm³/mol. The Labute approximate surface area is 198 Å². The summed E-state index contributed by atoms with van der Waals surface area (Å²) in [5.74, 6) is 1.17. The highest BCUT2D eigenvalue weighted by atomic mass is 16.2. The van der Waals surface area contributed by atoms with E-state index in [4.69, 9.17) is 4.99 Å². The van der Waals surface area contributed by atoms with Crippen LogP contribution < -0.4 is 10.6 Å². The van der Waals surface area contributed by atoms with Crippen LogP contribution in [0, 0.1) is 0 Å². The predicted octanol–water partition coefficient (Wildman–Crippen LogP) is 3.53. The first-order valence-electron chi connectivity index (χ1n) is 12.4. The topological polar surface area (TPSA) is 60.0 Å². The molecule has 0 aliphatic carbocycles. The van der Waals surface area contributed by atoms with Gasteiger partial charge in [0.2, 0.25) is 5.91 Å². The Morgan fingerprint density at radius 3 is 2.30 bits per heavy atom. The molecule has 4 rings (SSSR count). The van der Waals surface area contributed by atoms with Crippen LogP contribution in [0.5, 0.6) is 0 Å². The lowest BCUT2D eigenvalue weighted by atomic mass is 10.0. The Kier molecular flexibility index (Phi) is 8.36. The van der Waals surface area contributed by atoms with Crippen LogP contribution in [0.25, 0.3) is 0 Å². The monoisotopic (exact) mass is 447 g/mol. The Morgan fingerprint density at radius 2 is 1.64 bits per heavy atom. The summed E-state index contributed by atoms with van der Waals surface area (Å²) in [6, 6.07) is 19.7. The summed E-state index contributed by atoms with van der Waals surface area (Å²) in [5, 5.41) is 7.04. The van der Waals surface area contributed by atoms with Crippen LogP contribution in [-0.2, 0) is 24.4 Å². The summed E-state index contributed by atoms with van der Waals surface area (Å²) >= 11 is 0. The van der Waals surface area contributed by atoms with Gasteiger partial charge in [-0.3, -0.25) is 9.69 Å². The quantitative estimate of drug-likeness (QED) is 0.480. The van der Waals surface area contributed by atoms with E-state index in [2.05, 4.69) is 77.1 Å². The summed E-state index contributed by atoms with van der Waals surface area (Å²) in [6.07, 6.45) is 3.93. The molecule has 2 fully saturated rings. The number of carbonyl (C=O) groups excluding carboxylic acids is 1. The van der Waals surface area contributed by atoms with Gasteiger partial charge < -0.3 is 15.5 Å². The minimum Gasteiger partial charge on any atom is -0.357 e. The summed E-state index contributed by atoms with van der Waals surface area (Å²) < 4.78 is 0. The van der Waals surface area contributed by atoms with Gasteiger partial charge in [-0.15, -0.1) is 0 Å². The molecule has 0 radical (unpaired) electrons. The van der Waals surface area contributed by atoms with E-state index in [0.717, 1.165) is 64.5 Å². The van der Waals surface area contributed by atoms with Gasteiger partial charge >= 0.3 is 0 Å². The molecule has 0 saturated carbocycles. The number of likely N-dealkylation sites (tertiary alicyclic amines) is 2. The minimum atomic E-state index is 0.274. The molecular formula is C27H37N5O. The Balaban J connectivity index is 1.25. The van der Waals surface area contributed by atoms with Crippen molar-refractivity contribution in [2.75, 3.05) is 26.2 Å². The van der Waals surface area contributed by atoms with Gasteiger partial charge in [0.05, 0.1) is 6.54 Å². The SMILES string of the molecule is CCNC(=NCc1ccc(CN2CCCC2=O)cc1)NC1CCN(Cc2ccccc2)CC1. The summed E-state index contributed by atoms with van der Waals surface area (Å²) in [5.41, 5.74) is 3.75. The van der Waals surface area contributed by atoms with Gasteiger partial charge in [-0.1, -0.05) is 54.6 Å². The van der Waals surface area contributed by atoms with E-state index in [1.165, 1.54) is 16.7 Å². The number of amides is 1. The zero-order valence-electron chi connectivity index (χ0n) is 19.8. The second-order valence-corrected chi connectivity index (χ2v) is 9.11. The third-order valence-corrected chi connectivity index (χ3v) is 6.51. The Hall–Kier alpha value is -2.86. The van der Waals surface area contributed by atoms with Crippen molar-refractivity contribution in [3.8, 4) is 0 Å². The maximum Gasteiger partial charge on any atom is 0.222 e. The van der Waals surface area contributed by atoms with Crippen LogP contribution in [0.1, 0.15) is 49.3 Å². The van der Waals surface area contributed by atoms with Crippen molar-refractivity contribution in [2.24, 2.45) is 4.99 Å². The standard InChI is InChI=1S/C27H37N5O/c1-2-28-27(30-25-14-17-31(18-15-25)20-23-7-4-3-5-8-23)29-19-22-10-12-24(13-11-22)21-32-16-6-9-26(32)33/h3-5,7-8,10-13,25H,2,6,9,14-21H2,1H3,(H2,28,29,30). The molecular weight excluding hydrogens is 410 g/mol. The number of nitrogens with one attached hydrogen (secondary N) is 2. The fraction of sp³-hybridized carbons (Fsp3) is 0.481. The summed E-state index contributed by atoms with van der Waals surface area (Å²) in [4.78, 5) is 21.2. The Bertz CT molecular complexity index is 904. The number of nitrogens with zero attached hydrogens (tertiary/aromatic N) is 3. The first kappa shape index (κ1) is 23.3. The minimum absolute atomic E-state index is 0.274. The molecule has 2 heterocycles. The van der Waals surface area contributed by atoms with Crippen molar-refractivity contribution in [1.29, 1.82) is 0 Å². The molecule has 0 atom stereocenters. The fourth-order valence-electron chi connectivity index (χ4n) is 4.60. The normalized spacial score (nSPS) is 18.0. The molecule has 2 N–H and O–H groups in total. The number of hydrogen-bond acceptors (Lipinski definition) is 3. The highest BCUT2D eigenvalue weighted by molar-refractivity contribution is 5.80. The molecule has 2 aromatic carbocycles. The molecule has 0 unspecified atom stereocenters. The highest BCUT2D eigenvalue weighted by Crippen LogP contribution is 2.16. The van der Waals surface area contributed by atoms with E-state index < -0.39 is 0 Å². The van der Waals surface area contributed by atoms with E-state index in [1.54, 1.807) is 0 Å². The smallest absolute Gasteiger partial charge is 0.222 e. The molecule has 6 nitrogen and oxygen atoms in total. The molecule has 0 bridgehead atoms. The van der Waals surface area contributed by atoms with Gasteiger partial charge in [-0.05, 0) is 42.9 Å². The number of piperidine rings is 1. The van der Waals surface area contributed by atoms with Crippen LogP contribution in [0.4, 0.5) is 0 Å². The van der Waals surface area contributed by atoms with Crippen molar-refractivity contribution < 1.29 is 4.79 Å². The molecule has 2 aliphatic rings. The molecule has 2 aromatic rings. The van der Waals surface area contributed by atoms with Gasteiger partial charge in [0.15, 0.2) is 5.96 Å². The third-order valence-electron chi connectivity index (χ3n) is 6.51. The number of hydrogen-bond donors (Lipinski definition) is 2. The lowest BCUT2D eigenvalue weighted by Gasteiger charge is -2.33. The van der Waals surface area contributed by atoms with Gasteiger partial charge in [-0.25, -0.2) is 4.99 Å². The van der Waals surface area contributed by atoms with Crippen molar-refractivity contribution in [3.05, 3.63) is 71.3 Å². The van der Waals surface area contributed by atoms with Gasteiger partial charge in [0.25, 0.3) is 0 Å². The van der Waals surface area contributed by atoms with Crippen LogP contribution in [0.15, 0.2) is 59.6 Å². The van der Waals surface area contributed by atoms with Gasteiger partial charge in [0, 0.05) is 51.7 Å². The first-order valence-corrected chi connectivity index (χ1v) is 12.4. The largest absolute Gasteiger partial charge is 0.357 e. The van der Waals surface area contributed by atoms with Gasteiger partial charge in [0.1, 0.15) is 0 Å². The zero-order chi connectivity index (χ0) is 22.9. The van der Waals surface area contributed by atoms with Crippen molar-refractivity contribution in [3.63, 3.8) is 0 Å². The van der Waals surface area contributed by atoms with E-state index in [0.29, 0.717) is 19.0 Å². The van der Waals surface area contributed by atoms with Gasteiger partial charge in [-0.2, -0.15) is 0 Å². The van der Waals surface area contributed by atoms with Crippen LogP contribution in [0.3, 0.4) is 0 Å². The third kappa shape index (κ3) is 7.06. The first-order chi connectivity index (χ1) is 16.2. The lowest BCUT2D eigenvalue weighted by molar-refractivity contribution is -0.128. The highest BCUT2D eigenvalue weighted by Gasteiger charge is 2.21. The second kappa shape index (κ2) is 11.8. The van der Waals surface area contributed by atoms with E-state index in [9.17, 15) is 4.79 Å². The number of guanidine groups is 1. The number of rotatable bonds is 8.